The van der Waals surface area contributed by atoms with Crippen LogP contribution in [0.2, 0.25) is 0 Å². The van der Waals surface area contributed by atoms with E-state index < -0.39 is 0 Å². The molecule has 4 nitrogen and oxygen atoms in total. The third kappa shape index (κ3) is 2.12. The molecule has 1 heterocycles. The molecule has 0 saturated heterocycles. The lowest BCUT2D eigenvalue weighted by molar-refractivity contribution is 0.788. The number of hydrogen-bond acceptors (Lipinski definition) is 4. The van der Waals surface area contributed by atoms with Crippen molar-refractivity contribution < 1.29 is 0 Å². The van der Waals surface area contributed by atoms with Gasteiger partial charge in [0, 0.05) is 17.6 Å². The van der Waals surface area contributed by atoms with Crippen LogP contribution >= 0.6 is 11.8 Å². The molecule has 0 saturated carbocycles. The topological polar surface area (TPSA) is 56.7 Å². The highest BCUT2D eigenvalue weighted by Gasteiger charge is 2.06. The van der Waals surface area contributed by atoms with Gasteiger partial charge in [0.25, 0.3) is 0 Å². The van der Waals surface area contributed by atoms with Crippen molar-refractivity contribution in [3.8, 4) is 0 Å². The predicted octanol–water partition coefficient (Wildman–Crippen LogP) is 1.86. The molecule has 78 valence electrons. The number of nitrogens with two attached hydrogens (primary N) is 1. The first-order valence-electron chi connectivity index (χ1n) is 4.55. The summed E-state index contributed by atoms with van der Waals surface area (Å²) in [6, 6.07) is 5.96. The van der Waals surface area contributed by atoms with Gasteiger partial charge < -0.3 is 10.3 Å². The Kier molecular flexibility index (Phi) is 2.64. The molecule has 0 aliphatic rings. The quantitative estimate of drug-likeness (QED) is 0.785. The Morgan fingerprint density at radius 2 is 2.20 bits per heavy atom. The lowest BCUT2D eigenvalue weighted by Gasteiger charge is -2.05. The Morgan fingerprint density at radius 3 is 2.87 bits per heavy atom. The van der Waals surface area contributed by atoms with Gasteiger partial charge in [0.05, 0.1) is 0 Å². The summed E-state index contributed by atoms with van der Waals surface area (Å²) in [5, 5.41) is 8.66. The summed E-state index contributed by atoms with van der Waals surface area (Å²) in [6.45, 7) is 2.04. The molecule has 0 fully saturated rings. The molecule has 0 spiro atoms. The van der Waals surface area contributed by atoms with Gasteiger partial charge in [-0.25, -0.2) is 0 Å². The van der Waals surface area contributed by atoms with E-state index in [9.17, 15) is 0 Å². The summed E-state index contributed by atoms with van der Waals surface area (Å²) >= 11 is 1.53. The van der Waals surface area contributed by atoms with E-state index in [0.717, 1.165) is 15.7 Å². The van der Waals surface area contributed by atoms with Crippen molar-refractivity contribution in [3.05, 3.63) is 30.1 Å². The van der Waals surface area contributed by atoms with Crippen LogP contribution in [0, 0.1) is 6.92 Å². The number of aryl methyl sites for hydroxylation is 2. The van der Waals surface area contributed by atoms with Crippen LogP contribution in [0.5, 0.6) is 0 Å². The largest absolute Gasteiger partial charge is 0.398 e. The Morgan fingerprint density at radius 1 is 1.40 bits per heavy atom. The third-order valence-electron chi connectivity index (χ3n) is 2.04. The van der Waals surface area contributed by atoms with Crippen molar-refractivity contribution in [2.45, 2.75) is 17.0 Å². The third-order valence-corrected chi connectivity index (χ3v) is 3.17. The van der Waals surface area contributed by atoms with Crippen LogP contribution in [0.4, 0.5) is 5.69 Å². The van der Waals surface area contributed by atoms with Crippen molar-refractivity contribution in [3.63, 3.8) is 0 Å². The van der Waals surface area contributed by atoms with Crippen molar-refractivity contribution >= 4 is 17.4 Å². The molecule has 0 bridgehead atoms. The lowest BCUT2D eigenvalue weighted by Crippen LogP contribution is -1.92. The van der Waals surface area contributed by atoms with E-state index in [2.05, 4.69) is 16.3 Å². The number of anilines is 1. The second kappa shape index (κ2) is 3.94. The first-order valence-corrected chi connectivity index (χ1v) is 5.36. The summed E-state index contributed by atoms with van der Waals surface area (Å²) in [6.07, 6.45) is 1.67. The number of benzene rings is 1. The van der Waals surface area contributed by atoms with Gasteiger partial charge >= 0.3 is 0 Å². The van der Waals surface area contributed by atoms with Gasteiger partial charge in [0.15, 0.2) is 5.16 Å². The zero-order chi connectivity index (χ0) is 10.8. The minimum atomic E-state index is 0.772. The molecule has 2 N–H and O–H groups in total. The monoisotopic (exact) mass is 220 g/mol. The smallest absolute Gasteiger partial charge is 0.195 e. The van der Waals surface area contributed by atoms with E-state index in [1.165, 1.54) is 17.3 Å². The molecule has 0 aliphatic heterocycles. The molecular formula is C10H12N4S. The van der Waals surface area contributed by atoms with Gasteiger partial charge in [-0.3, -0.25) is 0 Å². The molecule has 2 aromatic rings. The van der Waals surface area contributed by atoms with E-state index in [1.54, 1.807) is 6.33 Å². The maximum Gasteiger partial charge on any atom is 0.195 e. The summed E-state index contributed by atoms with van der Waals surface area (Å²) in [4.78, 5) is 1.02. The van der Waals surface area contributed by atoms with Gasteiger partial charge in [-0.2, -0.15) is 0 Å². The van der Waals surface area contributed by atoms with Crippen LogP contribution in [0.15, 0.2) is 34.6 Å². The van der Waals surface area contributed by atoms with Crippen molar-refractivity contribution in [1.82, 2.24) is 14.8 Å². The highest BCUT2D eigenvalue weighted by atomic mass is 32.2. The summed E-state index contributed by atoms with van der Waals surface area (Å²) in [5.74, 6) is 0. The SMILES string of the molecule is Cc1ccc(N)c(Sc2nncn2C)c1. The number of nitrogen functional groups attached to an aromatic ring is 1. The maximum absolute atomic E-state index is 5.88. The Hall–Kier alpha value is -1.49. The number of hydrogen-bond donors (Lipinski definition) is 1. The minimum absolute atomic E-state index is 0.772. The highest BCUT2D eigenvalue weighted by Crippen LogP contribution is 2.30. The van der Waals surface area contributed by atoms with Gasteiger partial charge in [-0.15, -0.1) is 10.2 Å². The number of nitrogens with zero attached hydrogens (tertiary/aromatic N) is 3. The first kappa shape index (κ1) is 10.0. The van der Waals surface area contributed by atoms with E-state index in [0.29, 0.717) is 0 Å². The molecule has 1 aromatic heterocycles. The Balaban J connectivity index is 2.32. The van der Waals surface area contributed by atoms with Gasteiger partial charge in [0.2, 0.25) is 0 Å². The van der Waals surface area contributed by atoms with Crippen molar-refractivity contribution in [2.75, 3.05) is 5.73 Å². The fourth-order valence-electron chi connectivity index (χ4n) is 1.19. The molecule has 0 aliphatic carbocycles. The molecule has 0 unspecified atom stereocenters. The van der Waals surface area contributed by atoms with Crippen molar-refractivity contribution in [2.24, 2.45) is 7.05 Å². The van der Waals surface area contributed by atoms with Crippen LogP contribution < -0.4 is 5.73 Å². The van der Waals surface area contributed by atoms with Gasteiger partial charge in [-0.05, 0) is 36.4 Å². The van der Waals surface area contributed by atoms with E-state index in [-0.39, 0.29) is 0 Å². The number of aromatic nitrogens is 3. The molecule has 0 radical (unpaired) electrons. The molecule has 2 rings (SSSR count). The first-order chi connectivity index (χ1) is 7.16. The van der Waals surface area contributed by atoms with Crippen molar-refractivity contribution in [1.29, 1.82) is 0 Å². The summed E-state index contributed by atoms with van der Waals surface area (Å²) in [5.41, 5.74) is 7.84. The zero-order valence-corrected chi connectivity index (χ0v) is 9.45. The second-order valence-corrected chi connectivity index (χ2v) is 4.38. The number of rotatable bonds is 2. The summed E-state index contributed by atoms with van der Waals surface area (Å²) < 4.78 is 1.87. The van der Waals surface area contributed by atoms with Crippen LogP contribution in [0.1, 0.15) is 5.56 Å². The normalized spacial score (nSPS) is 10.5. The average Bonchev–Trinajstić information content (AvgIpc) is 2.58. The molecule has 0 atom stereocenters. The van der Waals surface area contributed by atoms with Gasteiger partial charge in [0.1, 0.15) is 6.33 Å². The molecule has 0 amide bonds. The standard InChI is InChI=1S/C10H12N4S/c1-7-3-4-8(11)9(5-7)15-10-13-12-6-14(10)2/h3-6H,11H2,1-2H3. The average molecular weight is 220 g/mol. The molecule has 15 heavy (non-hydrogen) atoms. The van der Waals surface area contributed by atoms with Crippen LogP contribution in [0.3, 0.4) is 0 Å². The van der Waals surface area contributed by atoms with E-state index >= 15 is 0 Å². The minimum Gasteiger partial charge on any atom is -0.398 e. The van der Waals surface area contributed by atoms with Crippen LogP contribution in [-0.4, -0.2) is 14.8 Å². The van der Waals surface area contributed by atoms with Crippen LogP contribution in [0.25, 0.3) is 0 Å². The molecule has 1 aromatic carbocycles. The second-order valence-electron chi connectivity index (χ2n) is 3.37. The fraction of sp³-hybridized carbons (Fsp3) is 0.200. The molecular weight excluding hydrogens is 208 g/mol. The van der Waals surface area contributed by atoms with E-state index in [4.69, 9.17) is 5.73 Å². The molecule has 5 heteroatoms. The van der Waals surface area contributed by atoms with Crippen LogP contribution in [-0.2, 0) is 7.05 Å². The zero-order valence-electron chi connectivity index (χ0n) is 8.64. The summed E-state index contributed by atoms with van der Waals surface area (Å²) in [7, 11) is 1.91. The Bertz CT molecular complexity index is 478. The predicted molar refractivity (Wildman–Crippen MR) is 60.7 cm³/mol. The maximum atomic E-state index is 5.88. The van der Waals surface area contributed by atoms with E-state index in [1.807, 2.05) is 30.7 Å². The lowest BCUT2D eigenvalue weighted by atomic mass is 10.2. The fourth-order valence-corrected chi connectivity index (χ4v) is 2.10. The Labute approximate surface area is 92.5 Å². The van der Waals surface area contributed by atoms with Gasteiger partial charge in [-0.1, -0.05) is 6.07 Å². The highest BCUT2D eigenvalue weighted by molar-refractivity contribution is 7.99.